The van der Waals surface area contributed by atoms with Crippen molar-refractivity contribution in [3.8, 4) is 0 Å². The minimum absolute atomic E-state index is 0.0879. The number of rotatable bonds is 12. The van der Waals surface area contributed by atoms with Gasteiger partial charge in [0, 0.05) is 12.8 Å². The molecule has 4 aromatic rings. The molecule has 4 saturated carbocycles. The number of hydrogen-bond donors (Lipinski definition) is 0. The van der Waals surface area contributed by atoms with Gasteiger partial charge in [-0.05, 0) is 129 Å². The summed E-state index contributed by atoms with van der Waals surface area (Å²) in [4.78, 5) is 44.5. The van der Waals surface area contributed by atoms with Gasteiger partial charge < -0.3 is 18.6 Å². The van der Waals surface area contributed by atoms with E-state index in [1.54, 1.807) is 42.7 Å². The van der Waals surface area contributed by atoms with Crippen LogP contribution in [0.4, 0.5) is 0 Å². The summed E-state index contributed by atoms with van der Waals surface area (Å²) in [6, 6.07) is 27.1. The summed E-state index contributed by atoms with van der Waals surface area (Å²) < 4.78 is 24.3. The van der Waals surface area contributed by atoms with E-state index in [1.165, 1.54) is 5.57 Å². The molecule has 0 N–H and O–H groups in total. The fraction of sp³-hybridized carbons (Fsp3) is 0.385. The van der Waals surface area contributed by atoms with Crippen LogP contribution in [-0.4, -0.2) is 41.2 Å². The van der Waals surface area contributed by atoms with E-state index in [0.29, 0.717) is 47.3 Å². The molecule has 1 aromatic heterocycles. The van der Waals surface area contributed by atoms with Crippen LogP contribution in [0.25, 0.3) is 0 Å². The van der Waals surface area contributed by atoms with Crippen molar-refractivity contribution in [2.24, 2.45) is 23.2 Å². The fourth-order valence-corrected chi connectivity index (χ4v) is 10.2. The zero-order valence-electron chi connectivity index (χ0n) is 34.9. The second-order valence-electron chi connectivity index (χ2n) is 17.5. The first-order valence-corrected chi connectivity index (χ1v) is 21.5. The Morgan fingerprint density at radius 3 is 2.03 bits per heavy atom. The van der Waals surface area contributed by atoms with Crippen LogP contribution in [0.2, 0.25) is 0 Å². The molecular formula is C52H55NO7. The average molecular weight is 806 g/mol. The van der Waals surface area contributed by atoms with Crippen LogP contribution in [0.5, 0.6) is 0 Å². The number of nitrogens with zero attached hydrogens (tertiary/aromatic N) is 1. The Morgan fingerprint density at radius 1 is 0.817 bits per heavy atom. The molecule has 0 amide bonds. The van der Waals surface area contributed by atoms with Gasteiger partial charge in [-0.3, -0.25) is 0 Å². The third-order valence-corrected chi connectivity index (χ3v) is 13.7. The lowest BCUT2D eigenvalue weighted by atomic mass is 9.61. The van der Waals surface area contributed by atoms with Gasteiger partial charge in [0.2, 0.25) is 5.89 Å². The molecule has 8 heteroatoms. The molecule has 0 saturated heterocycles. The van der Waals surface area contributed by atoms with Crippen LogP contribution in [0, 0.1) is 30.1 Å². The molecule has 310 valence electrons. The highest BCUT2D eigenvalue weighted by atomic mass is 16.6. The highest BCUT2D eigenvalue weighted by Gasteiger charge is 2.56. The molecule has 8 nitrogen and oxygen atoms in total. The van der Waals surface area contributed by atoms with Crippen molar-refractivity contribution >= 4 is 17.9 Å². The second kappa shape index (κ2) is 17.5. The van der Waals surface area contributed by atoms with E-state index in [4.69, 9.17) is 18.6 Å². The standard InChI is InChI=1S/C52H55NO7/c1-34(22-27-46(60-49(56)40-19-12-7-13-20-40)52(29-30-52)50-53-35(2)33-57-50)43-25-26-44-37(21-14-28-51(43,44)4)23-24-41-31-42(58-47(54)38-15-8-5-9-16-38)32-45(36(41)3)59-48(55)39-17-10-6-11-18-39/h5-13,15-20,22-24,27,33-34,42-46H,3,14,21,25-26,28-32H2,1-2,4H3/t34-,42-,43-,44+,45+,46-,51-/m1/s1. The molecular weight excluding hydrogens is 751 g/mol. The molecule has 0 radical (unpaired) electrons. The van der Waals surface area contributed by atoms with E-state index in [9.17, 15) is 14.4 Å². The lowest BCUT2D eigenvalue weighted by Gasteiger charge is -2.44. The van der Waals surface area contributed by atoms with Crippen molar-refractivity contribution < 1.29 is 33.0 Å². The largest absolute Gasteiger partial charge is 0.458 e. The first kappa shape index (κ1) is 41.0. The summed E-state index contributed by atoms with van der Waals surface area (Å²) in [6.07, 6.45) is 16.8. The van der Waals surface area contributed by atoms with Crippen molar-refractivity contribution in [3.63, 3.8) is 0 Å². The van der Waals surface area contributed by atoms with Gasteiger partial charge in [-0.1, -0.05) is 98.8 Å². The number of oxazole rings is 1. The topological polar surface area (TPSA) is 105 Å². The Labute approximate surface area is 353 Å². The molecule has 1 heterocycles. The number of aromatic nitrogens is 1. The van der Waals surface area contributed by atoms with E-state index in [-0.39, 0.29) is 17.3 Å². The van der Waals surface area contributed by atoms with Gasteiger partial charge in [-0.15, -0.1) is 0 Å². The summed E-state index contributed by atoms with van der Waals surface area (Å²) in [5.74, 6) is 0.550. The molecule has 7 atom stereocenters. The lowest BCUT2D eigenvalue weighted by molar-refractivity contribution is 0.00211. The van der Waals surface area contributed by atoms with Gasteiger partial charge in [0.25, 0.3) is 0 Å². The summed E-state index contributed by atoms with van der Waals surface area (Å²) in [5, 5.41) is 0. The molecule has 4 fully saturated rings. The third kappa shape index (κ3) is 8.61. The SMILES string of the molecule is C=C1C(=CC=C2CCC[C@]3(C)[C@@H]([C@H](C)C=C[C@@H](OC(=O)c4ccccc4)C4(c5nc(C)co5)CC4)CC[C@@H]23)C[C@@H](OC(=O)c2ccccc2)C[C@@H]1OC(=O)c1ccccc1. The van der Waals surface area contributed by atoms with E-state index in [1.807, 2.05) is 61.5 Å². The number of hydrogen-bond acceptors (Lipinski definition) is 8. The molecule has 8 rings (SSSR count). The van der Waals surface area contributed by atoms with E-state index in [0.717, 1.165) is 61.8 Å². The van der Waals surface area contributed by atoms with E-state index >= 15 is 0 Å². The quantitative estimate of drug-likeness (QED) is 0.0792. The Hall–Kier alpha value is -5.76. The molecule has 3 aromatic carbocycles. The van der Waals surface area contributed by atoms with Gasteiger partial charge in [0.1, 0.15) is 24.6 Å². The maximum absolute atomic E-state index is 13.4. The van der Waals surface area contributed by atoms with Gasteiger partial charge in [-0.2, -0.15) is 0 Å². The molecule has 0 spiro atoms. The maximum atomic E-state index is 13.4. The van der Waals surface area contributed by atoms with E-state index in [2.05, 4.69) is 49.7 Å². The number of ether oxygens (including phenoxy) is 3. The first-order chi connectivity index (χ1) is 29.0. The molecule has 0 aliphatic heterocycles. The van der Waals surface area contributed by atoms with Crippen LogP contribution in [0.3, 0.4) is 0 Å². The summed E-state index contributed by atoms with van der Waals surface area (Å²) in [6.45, 7) is 11.1. The number of allylic oxidation sites excluding steroid dienone is 4. The highest BCUT2D eigenvalue weighted by molar-refractivity contribution is 5.90. The minimum Gasteiger partial charge on any atom is -0.458 e. The highest BCUT2D eigenvalue weighted by Crippen LogP contribution is 2.60. The third-order valence-electron chi connectivity index (χ3n) is 13.7. The average Bonchev–Trinajstić information content (AvgIpc) is 3.82. The number of aryl methyl sites for hydroxylation is 1. The van der Waals surface area contributed by atoms with E-state index < -0.39 is 35.7 Å². The first-order valence-electron chi connectivity index (χ1n) is 21.5. The zero-order valence-corrected chi connectivity index (χ0v) is 34.9. The fourth-order valence-electron chi connectivity index (χ4n) is 10.2. The van der Waals surface area contributed by atoms with Crippen molar-refractivity contribution in [2.75, 3.05) is 0 Å². The number of fused-ring (bicyclic) bond motifs is 1. The molecule has 0 bridgehead atoms. The molecule has 4 aliphatic rings. The Morgan fingerprint density at radius 2 is 1.43 bits per heavy atom. The van der Waals surface area contributed by atoms with Crippen molar-refractivity contribution in [3.05, 3.63) is 173 Å². The maximum Gasteiger partial charge on any atom is 0.338 e. The van der Waals surface area contributed by atoms with Crippen molar-refractivity contribution in [1.29, 1.82) is 0 Å². The molecule has 60 heavy (non-hydrogen) atoms. The van der Waals surface area contributed by atoms with Gasteiger partial charge in [0.15, 0.2) is 0 Å². The second-order valence-corrected chi connectivity index (χ2v) is 17.5. The summed E-state index contributed by atoms with van der Waals surface area (Å²) >= 11 is 0. The number of carbonyl (C=O) groups excluding carboxylic acids is 3. The predicted octanol–water partition coefficient (Wildman–Crippen LogP) is 11.3. The van der Waals surface area contributed by atoms with Crippen molar-refractivity contribution in [1.82, 2.24) is 4.98 Å². The van der Waals surface area contributed by atoms with Crippen LogP contribution in [0.1, 0.15) is 114 Å². The van der Waals surface area contributed by atoms with Crippen molar-refractivity contribution in [2.45, 2.75) is 102 Å². The Kier molecular flexibility index (Phi) is 11.9. The smallest absolute Gasteiger partial charge is 0.338 e. The summed E-state index contributed by atoms with van der Waals surface area (Å²) in [5.41, 5.74) is 4.99. The Balaban J connectivity index is 1.01. The Bertz CT molecular complexity index is 2290. The zero-order chi connectivity index (χ0) is 41.9. The summed E-state index contributed by atoms with van der Waals surface area (Å²) in [7, 11) is 0. The number of esters is 3. The predicted molar refractivity (Wildman–Crippen MR) is 230 cm³/mol. The van der Waals surface area contributed by atoms with Crippen LogP contribution in [-0.2, 0) is 19.6 Å². The van der Waals surface area contributed by atoms with Gasteiger partial charge >= 0.3 is 17.9 Å². The number of benzene rings is 3. The molecule has 0 unspecified atom stereocenters. The van der Waals surface area contributed by atoms with Crippen LogP contribution in [0.15, 0.2) is 149 Å². The van der Waals surface area contributed by atoms with Crippen LogP contribution < -0.4 is 0 Å². The minimum atomic E-state index is -0.636. The monoisotopic (exact) mass is 805 g/mol. The van der Waals surface area contributed by atoms with Gasteiger partial charge in [-0.25, -0.2) is 19.4 Å². The number of carbonyl (C=O) groups is 3. The molecule has 4 aliphatic carbocycles. The lowest BCUT2D eigenvalue weighted by Crippen LogP contribution is -2.36. The van der Waals surface area contributed by atoms with Crippen LogP contribution >= 0.6 is 0 Å². The normalized spacial score (nSPS) is 26.9. The van der Waals surface area contributed by atoms with Gasteiger partial charge in [0.05, 0.1) is 27.8 Å².